The van der Waals surface area contributed by atoms with Crippen LogP contribution >= 0.6 is 0 Å². The van der Waals surface area contributed by atoms with E-state index in [1.165, 1.54) is 33.2 Å². The third-order valence-electron chi connectivity index (χ3n) is 4.46. The highest BCUT2D eigenvalue weighted by Gasteiger charge is 2.36. The summed E-state index contributed by atoms with van der Waals surface area (Å²) in [5.74, 6) is -1.58. The summed E-state index contributed by atoms with van der Waals surface area (Å²) in [6, 6.07) is 3.29. The number of rotatable bonds is 8. The lowest BCUT2D eigenvalue weighted by molar-refractivity contribution is -0.141. The average molecular weight is 380 g/mol. The van der Waals surface area contributed by atoms with Gasteiger partial charge in [-0.15, -0.1) is 0 Å². The highest BCUT2D eigenvalue weighted by molar-refractivity contribution is 6.00. The smallest absolute Gasteiger partial charge is 0.308 e. The fourth-order valence-corrected chi connectivity index (χ4v) is 2.84. The van der Waals surface area contributed by atoms with E-state index < -0.39 is 17.8 Å². The van der Waals surface area contributed by atoms with Crippen LogP contribution in [0.4, 0.5) is 5.69 Å². The monoisotopic (exact) mass is 380 g/mol. The Balaban J connectivity index is 2.15. The van der Waals surface area contributed by atoms with E-state index in [0.29, 0.717) is 22.9 Å². The Hall–Kier alpha value is -2.97. The van der Waals surface area contributed by atoms with Gasteiger partial charge >= 0.3 is 5.97 Å². The van der Waals surface area contributed by atoms with Gasteiger partial charge in [0.2, 0.25) is 17.6 Å². The van der Waals surface area contributed by atoms with Gasteiger partial charge in [-0.2, -0.15) is 0 Å². The second kappa shape index (κ2) is 8.61. The van der Waals surface area contributed by atoms with Crippen molar-refractivity contribution in [1.29, 1.82) is 0 Å². The van der Waals surface area contributed by atoms with Crippen molar-refractivity contribution in [2.45, 2.75) is 13.3 Å². The lowest BCUT2D eigenvalue weighted by atomic mass is 10.1. The van der Waals surface area contributed by atoms with Crippen molar-refractivity contribution in [3.8, 4) is 17.2 Å². The maximum Gasteiger partial charge on any atom is 0.308 e. The van der Waals surface area contributed by atoms with Crippen molar-refractivity contribution in [1.82, 2.24) is 5.32 Å². The molecular formula is C18H24N2O7. The molecule has 2 rings (SSSR count). The Labute approximate surface area is 157 Å². The Morgan fingerprint density at radius 1 is 1.22 bits per heavy atom. The number of carbonyl (C=O) groups is 3. The maximum atomic E-state index is 12.4. The number of methoxy groups -OCH3 is 3. The van der Waals surface area contributed by atoms with E-state index in [9.17, 15) is 14.4 Å². The first-order chi connectivity index (χ1) is 12.8. The summed E-state index contributed by atoms with van der Waals surface area (Å²) in [4.78, 5) is 37.0. The molecule has 1 aromatic rings. The van der Waals surface area contributed by atoms with Crippen LogP contribution in [0.1, 0.15) is 13.3 Å². The second-order valence-corrected chi connectivity index (χ2v) is 6.27. The molecule has 0 aliphatic carbocycles. The quantitative estimate of drug-likeness (QED) is 0.689. The molecule has 9 nitrogen and oxygen atoms in total. The first-order valence-corrected chi connectivity index (χ1v) is 8.43. The van der Waals surface area contributed by atoms with Crippen LogP contribution in [0.25, 0.3) is 0 Å². The molecule has 2 atom stereocenters. The summed E-state index contributed by atoms with van der Waals surface area (Å²) in [6.07, 6.45) is 0.0456. The summed E-state index contributed by atoms with van der Waals surface area (Å²) in [5, 5.41) is 11.5. The summed E-state index contributed by atoms with van der Waals surface area (Å²) in [6.45, 7) is 1.71. The molecule has 0 radical (unpaired) electrons. The van der Waals surface area contributed by atoms with Crippen LogP contribution in [0.2, 0.25) is 0 Å². The fraction of sp³-hybridized carbons (Fsp3) is 0.500. The molecule has 0 aromatic heterocycles. The standard InChI is InChI=1S/C18H24N2O7/c1-10(18(23)24)8-19-17(22)11-5-15(21)20(9-11)12-6-13(25-2)16(27-4)14(7-12)26-3/h6-7,10-11H,5,8-9H2,1-4H3,(H,19,22)(H,23,24). The zero-order valence-corrected chi connectivity index (χ0v) is 15.8. The van der Waals surface area contributed by atoms with E-state index in [1.54, 1.807) is 12.1 Å². The van der Waals surface area contributed by atoms with Crippen molar-refractivity contribution in [2.75, 3.05) is 39.3 Å². The minimum absolute atomic E-state index is 0.0169. The van der Waals surface area contributed by atoms with Gasteiger partial charge in [-0.3, -0.25) is 14.4 Å². The van der Waals surface area contributed by atoms with Crippen LogP contribution in [-0.2, 0) is 14.4 Å². The number of amides is 2. The van der Waals surface area contributed by atoms with E-state index in [4.69, 9.17) is 19.3 Å². The summed E-state index contributed by atoms with van der Waals surface area (Å²) < 4.78 is 15.9. The van der Waals surface area contributed by atoms with Crippen molar-refractivity contribution in [2.24, 2.45) is 11.8 Å². The molecular weight excluding hydrogens is 356 g/mol. The first-order valence-electron chi connectivity index (χ1n) is 8.43. The van der Waals surface area contributed by atoms with Crippen LogP contribution < -0.4 is 24.4 Å². The predicted octanol–water partition coefficient (Wildman–Crippen LogP) is 0.902. The third kappa shape index (κ3) is 4.42. The van der Waals surface area contributed by atoms with Crippen LogP contribution in [0.3, 0.4) is 0 Å². The number of carboxylic acids is 1. The fourth-order valence-electron chi connectivity index (χ4n) is 2.84. The number of hydrogen-bond donors (Lipinski definition) is 2. The summed E-state index contributed by atoms with van der Waals surface area (Å²) in [5.41, 5.74) is 0.531. The van der Waals surface area contributed by atoms with Gasteiger partial charge < -0.3 is 29.5 Å². The number of aliphatic carboxylic acids is 1. The van der Waals surface area contributed by atoms with Crippen LogP contribution in [0.5, 0.6) is 17.2 Å². The third-order valence-corrected chi connectivity index (χ3v) is 4.46. The van der Waals surface area contributed by atoms with Crippen LogP contribution in [0.15, 0.2) is 12.1 Å². The van der Waals surface area contributed by atoms with Crippen molar-refractivity contribution >= 4 is 23.5 Å². The summed E-state index contributed by atoms with van der Waals surface area (Å²) >= 11 is 0. The van der Waals surface area contributed by atoms with Gasteiger partial charge in [0, 0.05) is 31.6 Å². The van der Waals surface area contributed by atoms with Gasteiger partial charge in [0.25, 0.3) is 0 Å². The largest absolute Gasteiger partial charge is 0.493 e. The molecule has 0 spiro atoms. The molecule has 27 heavy (non-hydrogen) atoms. The van der Waals surface area contributed by atoms with Gasteiger partial charge in [0.15, 0.2) is 11.5 Å². The lowest BCUT2D eigenvalue weighted by Crippen LogP contribution is -2.37. The van der Waals surface area contributed by atoms with E-state index in [2.05, 4.69) is 5.32 Å². The van der Waals surface area contributed by atoms with Crippen molar-refractivity contribution in [3.05, 3.63) is 12.1 Å². The first kappa shape index (κ1) is 20.3. The molecule has 148 valence electrons. The highest BCUT2D eigenvalue weighted by atomic mass is 16.5. The second-order valence-electron chi connectivity index (χ2n) is 6.27. The number of nitrogens with zero attached hydrogens (tertiary/aromatic N) is 1. The number of benzene rings is 1. The van der Waals surface area contributed by atoms with E-state index >= 15 is 0 Å². The molecule has 1 fully saturated rings. The molecule has 1 aliphatic heterocycles. The molecule has 2 N–H and O–H groups in total. The SMILES string of the molecule is COc1cc(N2CC(C(=O)NCC(C)C(=O)O)CC2=O)cc(OC)c1OC. The number of ether oxygens (including phenoxy) is 3. The highest BCUT2D eigenvalue weighted by Crippen LogP contribution is 2.42. The minimum Gasteiger partial charge on any atom is -0.493 e. The number of carboxylic acid groups (broad SMARTS) is 1. The Morgan fingerprint density at radius 2 is 1.81 bits per heavy atom. The van der Waals surface area contributed by atoms with Crippen molar-refractivity contribution < 1.29 is 33.7 Å². The molecule has 1 aliphatic rings. The Kier molecular flexibility index (Phi) is 6.49. The zero-order valence-electron chi connectivity index (χ0n) is 15.8. The number of anilines is 1. The van der Waals surface area contributed by atoms with Gasteiger partial charge in [0.1, 0.15) is 0 Å². The van der Waals surface area contributed by atoms with Gasteiger partial charge in [-0.25, -0.2) is 0 Å². The molecule has 1 aromatic carbocycles. The molecule has 0 bridgehead atoms. The molecule has 9 heteroatoms. The van der Waals surface area contributed by atoms with E-state index in [0.717, 1.165) is 0 Å². The minimum atomic E-state index is -0.989. The van der Waals surface area contributed by atoms with Crippen LogP contribution in [-0.4, -0.2) is 57.3 Å². The molecule has 1 heterocycles. The maximum absolute atomic E-state index is 12.4. The topological polar surface area (TPSA) is 114 Å². The lowest BCUT2D eigenvalue weighted by Gasteiger charge is -2.20. The van der Waals surface area contributed by atoms with Crippen molar-refractivity contribution in [3.63, 3.8) is 0 Å². The van der Waals surface area contributed by atoms with Gasteiger partial charge in [-0.05, 0) is 0 Å². The Morgan fingerprint density at radius 3 is 2.30 bits per heavy atom. The molecule has 2 unspecified atom stereocenters. The van der Waals surface area contributed by atoms with E-state index in [1.807, 2.05) is 0 Å². The van der Waals surface area contributed by atoms with Crippen LogP contribution in [0, 0.1) is 11.8 Å². The van der Waals surface area contributed by atoms with Gasteiger partial charge in [0.05, 0.1) is 38.9 Å². The normalized spacial score (nSPS) is 17.4. The average Bonchev–Trinajstić information content (AvgIpc) is 3.06. The van der Waals surface area contributed by atoms with E-state index in [-0.39, 0.29) is 31.3 Å². The number of nitrogens with one attached hydrogen (secondary N) is 1. The summed E-state index contributed by atoms with van der Waals surface area (Å²) in [7, 11) is 4.44. The molecule has 2 amide bonds. The molecule has 0 saturated carbocycles. The predicted molar refractivity (Wildman–Crippen MR) is 96.4 cm³/mol. The van der Waals surface area contributed by atoms with Gasteiger partial charge in [-0.1, -0.05) is 6.92 Å². The Bertz CT molecular complexity index is 709. The number of hydrogen-bond acceptors (Lipinski definition) is 6. The number of carbonyl (C=O) groups excluding carboxylic acids is 2. The zero-order chi connectivity index (χ0) is 20.1. The molecule has 1 saturated heterocycles.